The zero-order valence-corrected chi connectivity index (χ0v) is 12.2. The van der Waals surface area contributed by atoms with Gasteiger partial charge in [0, 0.05) is 11.8 Å². The molecule has 21 heavy (non-hydrogen) atoms. The smallest absolute Gasteiger partial charge is 0.387 e. The van der Waals surface area contributed by atoms with E-state index in [-0.39, 0.29) is 17.4 Å². The highest BCUT2D eigenvalue weighted by Crippen LogP contribution is 2.31. The number of hydrogen-bond donors (Lipinski definition) is 1. The van der Waals surface area contributed by atoms with Crippen LogP contribution in [0.4, 0.5) is 14.5 Å². The molecule has 2 rings (SSSR count). The number of nitrogens with one attached hydrogen (secondary N) is 1. The number of halogens is 2. The third-order valence-electron chi connectivity index (χ3n) is 2.71. The van der Waals surface area contributed by atoms with Gasteiger partial charge in [-0.2, -0.15) is 8.78 Å². The number of anilines is 1. The molecule has 0 aliphatic heterocycles. The number of aryl methyl sites for hydroxylation is 1. The van der Waals surface area contributed by atoms with Gasteiger partial charge >= 0.3 is 6.61 Å². The van der Waals surface area contributed by atoms with Crippen LogP contribution in [0.25, 0.3) is 0 Å². The van der Waals surface area contributed by atoms with E-state index in [4.69, 9.17) is 4.74 Å². The first-order valence-corrected chi connectivity index (χ1v) is 6.87. The standard InChI is InChI=1S/C14H13F2NO3S/c1-8-5-6-21-12(8)13(18)17-9-3-4-10(19-2)11(7-9)20-14(15)16/h3-7,14H,1-2H3,(H,17,18). The molecule has 1 heterocycles. The zero-order valence-electron chi connectivity index (χ0n) is 11.4. The average Bonchev–Trinajstić information content (AvgIpc) is 2.85. The van der Waals surface area contributed by atoms with E-state index in [9.17, 15) is 13.6 Å². The SMILES string of the molecule is COc1ccc(NC(=O)c2sccc2C)cc1OC(F)F. The summed E-state index contributed by atoms with van der Waals surface area (Å²) in [5.74, 6) is -0.260. The van der Waals surface area contributed by atoms with E-state index in [1.54, 1.807) is 6.07 Å². The highest BCUT2D eigenvalue weighted by Gasteiger charge is 2.14. The number of thiophene rings is 1. The molecule has 0 bridgehead atoms. The Hall–Kier alpha value is -2.15. The third kappa shape index (κ3) is 3.69. The van der Waals surface area contributed by atoms with Crippen LogP contribution in [-0.4, -0.2) is 19.6 Å². The number of amides is 1. The van der Waals surface area contributed by atoms with Crippen LogP contribution in [0.1, 0.15) is 15.2 Å². The van der Waals surface area contributed by atoms with Gasteiger partial charge in [-0.15, -0.1) is 11.3 Å². The fourth-order valence-electron chi connectivity index (χ4n) is 1.74. The van der Waals surface area contributed by atoms with E-state index in [1.807, 2.05) is 18.4 Å². The molecule has 1 aromatic carbocycles. The second-order valence-electron chi connectivity index (χ2n) is 4.13. The number of ether oxygens (including phenoxy) is 2. The molecule has 1 amide bonds. The van der Waals surface area contributed by atoms with Crippen molar-refractivity contribution in [1.82, 2.24) is 0 Å². The van der Waals surface area contributed by atoms with Crippen molar-refractivity contribution >= 4 is 22.9 Å². The molecule has 1 N–H and O–H groups in total. The molecule has 0 aliphatic rings. The minimum Gasteiger partial charge on any atom is -0.493 e. The number of carbonyl (C=O) groups excluding carboxylic acids is 1. The van der Waals surface area contributed by atoms with Crippen molar-refractivity contribution in [3.05, 3.63) is 40.1 Å². The molecule has 7 heteroatoms. The summed E-state index contributed by atoms with van der Waals surface area (Å²) in [6.45, 7) is -1.14. The van der Waals surface area contributed by atoms with Crippen LogP contribution in [0.15, 0.2) is 29.6 Å². The number of methoxy groups -OCH3 is 1. The summed E-state index contributed by atoms with van der Waals surface area (Å²) >= 11 is 1.31. The van der Waals surface area contributed by atoms with E-state index in [0.717, 1.165) is 5.56 Å². The molecule has 0 saturated heterocycles. The van der Waals surface area contributed by atoms with E-state index < -0.39 is 6.61 Å². The topological polar surface area (TPSA) is 47.6 Å². The van der Waals surface area contributed by atoms with Crippen molar-refractivity contribution in [1.29, 1.82) is 0 Å². The van der Waals surface area contributed by atoms with Crippen LogP contribution in [0.5, 0.6) is 11.5 Å². The fraction of sp³-hybridized carbons (Fsp3) is 0.214. The normalized spacial score (nSPS) is 10.5. The van der Waals surface area contributed by atoms with Crippen molar-refractivity contribution in [2.24, 2.45) is 0 Å². The Balaban J connectivity index is 2.20. The Kier molecular flexibility index (Phi) is 4.74. The maximum absolute atomic E-state index is 12.3. The van der Waals surface area contributed by atoms with E-state index in [1.165, 1.54) is 30.6 Å². The zero-order chi connectivity index (χ0) is 15.4. The predicted molar refractivity (Wildman–Crippen MR) is 76.6 cm³/mol. The first kappa shape index (κ1) is 15.2. The van der Waals surface area contributed by atoms with Crippen LogP contribution in [0, 0.1) is 6.92 Å². The highest BCUT2D eigenvalue weighted by molar-refractivity contribution is 7.12. The van der Waals surface area contributed by atoms with E-state index >= 15 is 0 Å². The van der Waals surface area contributed by atoms with Crippen molar-refractivity contribution in [2.75, 3.05) is 12.4 Å². The van der Waals surface area contributed by atoms with Crippen LogP contribution >= 0.6 is 11.3 Å². The number of rotatable bonds is 5. The summed E-state index contributed by atoms with van der Waals surface area (Å²) in [4.78, 5) is 12.6. The number of alkyl halides is 2. The molecule has 0 fully saturated rings. The second kappa shape index (κ2) is 6.53. The van der Waals surface area contributed by atoms with Crippen molar-refractivity contribution in [3.63, 3.8) is 0 Å². The summed E-state index contributed by atoms with van der Waals surface area (Å²) < 4.78 is 34.0. The average molecular weight is 313 g/mol. The van der Waals surface area contributed by atoms with Crippen LogP contribution < -0.4 is 14.8 Å². The van der Waals surface area contributed by atoms with E-state index in [0.29, 0.717) is 10.6 Å². The largest absolute Gasteiger partial charge is 0.493 e. The molecular formula is C14H13F2NO3S. The van der Waals surface area contributed by atoms with Crippen LogP contribution in [0.2, 0.25) is 0 Å². The highest BCUT2D eigenvalue weighted by atomic mass is 32.1. The minimum atomic E-state index is -2.97. The van der Waals surface area contributed by atoms with E-state index in [2.05, 4.69) is 10.1 Å². The molecule has 0 unspecified atom stereocenters. The Morgan fingerprint density at radius 3 is 2.62 bits per heavy atom. The number of benzene rings is 1. The molecule has 4 nitrogen and oxygen atoms in total. The first-order valence-electron chi connectivity index (χ1n) is 5.99. The molecule has 112 valence electrons. The van der Waals surface area contributed by atoms with Gasteiger partial charge in [0.2, 0.25) is 0 Å². The molecular weight excluding hydrogens is 300 g/mol. The number of hydrogen-bond acceptors (Lipinski definition) is 4. The van der Waals surface area contributed by atoms with Gasteiger partial charge in [-0.05, 0) is 36.1 Å². The lowest BCUT2D eigenvalue weighted by molar-refractivity contribution is -0.0511. The molecule has 0 spiro atoms. The second-order valence-corrected chi connectivity index (χ2v) is 5.05. The lowest BCUT2D eigenvalue weighted by Gasteiger charge is -2.12. The maximum Gasteiger partial charge on any atom is 0.387 e. The van der Waals surface area contributed by atoms with Gasteiger partial charge in [-0.1, -0.05) is 0 Å². The lowest BCUT2D eigenvalue weighted by Crippen LogP contribution is -2.12. The Morgan fingerprint density at radius 2 is 2.05 bits per heavy atom. The Bertz CT molecular complexity index is 643. The van der Waals surface area contributed by atoms with Crippen molar-refractivity contribution in [2.45, 2.75) is 13.5 Å². The molecule has 1 aromatic heterocycles. The van der Waals surface area contributed by atoms with Gasteiger partial charge in [0.15, 0.2) is 11.5 Å². The quantitative estimate of drug-likeness (QED) is 0.910. The molecule has 0 saturated carbocycles. The minimum absolute atomic E-state index is 0.131. The lowest BCUT2D eigenvalue weighted by atomic mass is 10.2. The monoisotopic (exact) mass is 313 g/mol. The van der Waals surface area contributed by atoms with Gasteiger partial charge in [-0.25, -0.2) is 0 Å². The molecule has 0 aliphatic carbocycles. The first-order chi connectivity index (χ1) is 10.0. The number of carbonyl (C=O) groups is 1. The molecule has 0 radical (unpaired) electrons. The summed E-state index contributed by atoms with van der Waals surface area (Å²) in [6.07, 6.45) is 0. The molecule has 0 atom stereocenters. The van der Waals surface area contributed by atoms with Gasteiger partial charge in [-0.3, -0.25) is 4.79 Å². The third-order valence-corrected chi connectivity index (χ3v) is 3.72. The van der Waals surface area contributed by atoms with Gasteiger partial charge in [0.1, 0.15) is 0 Å². The maximum atomic E-state index is 12.3. The van der Waals surface area contributed by atoms with Crippen molar-refractivity contribution < 1.29 is 23.0 Å². The Morgan fingerprint density at radius 1 is 1.29 bits per heavy atom. The van der Waals surface area contributed by atoms with Gasteiger partial charge < -0.3 is 14.8 Å². The summed E-state index contributed by atoms with van der Waals surface area (Å²) in [5, 5.41) is 4.45. The van der Waals surface area contributed by atoms with Crippen LogP contribution in [0.3, 0.4) is 0 Å². The predicted octanol–water partition coefficient (Wildman–Crippen LogP) is 3.92. The summed E-state index contributed by atoms with van der Waals surface area (Å²) in [6, 6.07) is 6.14. The summed E-state index contributed by atoms with van der Waals surface area (Å²) in [5.41, 5.74) is 1.21. The van der Waals surface area contributed by atoms with Crippen LogP contribution in [-0.2, 0) is 0 Å². The fourth-order valence-corrected chi connectivity index (χ4v) is 2.56. The molecule has 2 aromatic rings. The Labute approximate surface area is 124 Å². The van der Waals surface area contributed by atoms with Gasteiger partial charge in [0.05, 0.1) is 12.0 Å². The van der Waals surface area contributed by atoms with Crippen molar-refractivity contribution in [3.8, 4) is 11.5 Å². The van der Waals surface area contributed by atoms with Gasteiger partial charge in [0.25, 0.3) is 5.91 Å². The summed E-state index contributed by atoms with van der Waals surface area (Å²) in [7, 11) is 1.35.